The maximum Gasteiger partial charge on any atom is 0.307 e. The largest absolute Gasteiger partial charge is 0.451 e. The summed E-state index contributed by atoms with van der Waals surface area (Å²) in [7, 11) is 0. The van der Waals surface area contributed by atoms with Gasteiger partial charge in [-0.15, -0.1) is 0 Å². The molecule has 5 nitrogen and oxygen atoms in total. The first-order valence-corrected chi connectivity index (χ1v) is 9.69. The first kappa shape index (κ1) is 19.1. The lowest BCUT2D eigenvalue weighted by Gasteiger charge is -2.11. The van der Waals surface area contributed by atoms with Crippen LogP contribution in [0.3, 0.4) is 0 Å². The molecule has 146 valence electrons. The van der Waals surface area contributed by atoms with E-state index in [9.17, 15) is 9.18 Å². The smallest absolute Gasteiger partial charge is 0.307 e. The molecule has 0 atom stereocenters. The Morgan fingerprint density at radius 3 is 2.72 bits per heavy atom. The van der Waals surface area contributed by atoms with Crippen LogP contribution in [0, 0.1) is 19.7 Å². The Balaban J connectivity index is 1.55. The molecule has 1 amide bonds. The number of hydrogen-bond acceptors (Lipinski definition) is 3. The third-order valence-electron chi connectivity index (χ3n) is 4.64. The normalized spacial score (nSPS) is 11.4. The van der Waals surface area contributed by atoms with E-state index in [1.807, 2.05) is 42.7 Å². The number of hydrazone groups is 1. The van der Waals surface area contributed by atoms with Crippen LogP contribution in [-0.2, 0) is 0 Å². The molecule has 0 radical (unpaired) electrons. The quantitative estimate of drug-likeness (QED) is 0.327. The minimum absolute atomic E-state index is 0.186. The summed E-state index contributed by atoms with van der Waals surface area (Å²) < 4.78 is 22.4. The average molecular weight is 454 g/mol. The van der Waals surface area contributed by atoms with Gasteiger partial charge in [0.2, 0.25) is 0 Å². The number of aromatic nitrogens is 1. The van der Waals surface area contributed by atoms with Gasteiger partial charge >= 0.3 is 5.91 Å². The fourth-order valence-corrected chi connectivity index (χ4v) is 3.59. The molecule has 0 spiro atoms. The van der Waals surface area contributed by atoms with Crippen molar-refractivity contribution in [1.29, 1.82) is 0 Å². The van der Waals surface area contributed by atoms with Crippen LogP contribution >= 0.6 is 15.9 Å². The molecule has 0 aliphatic carbocycles. The first-order valence-electron chi connectivity index (χ1n) is 8.90. The van der Waals surface area contributed by atoms with Crippen LogP contribution in [0.25, 0.3) is 16.7 Å². The maximum absolute atomic E-state index is 14.4. The SMILES string of the molecule is Cc1cc(/C=N\NC(=O)c2cc3ccccc3o2)c(C)n1-c1ccc(Br)cc1F. The number of benzene rings is 2. The fraction of sp³-hybridized carbons (Fsp3) is 0.0909. The molecule has 2 heterocycles. The lowest BCUT2D eigenvalue weighted by Crippen LogP contribution is -2.16. The molecule has 2 aromatic heterocycles. The lowest BCUT2D eigenvalue weighted by atomic mass is 10.2. The number of para-hydroxylation sites is 1. The summed E-state index contributed by atoms with van der Waals surface area (Å²) in [6.45, 7) is 3.76. The van der Waals surface area contributed by atoms with E-state index in [0.29, 0.717) is 15.7 Å². The van der Waals surface area contributed by atoms with Gasteiger partial charge in [0.05, 0.1) is 11.9 Å². The second-order valence-corrected chi connectivity index (χ2v) is 7.52. The molecule has 2 aromatic carbocycles. The molecule has 0 aliphatic rings. The molecule has 0 fully saturated rings. The zero-order valence-corrected chi connectivity index (χ0v) is 17.3. The number of halogens is 2. The van der Waals surface area contributed by atoms with Gasteiger partial charge < -0.3 is 8.98 Å². The predicted molar refractivity (Wildman–Crippen MR) is 114 cm³/mol. The highest BCUT2D eigenvalue weighted by Gasteiger charge is 2.14. The summed E-state index contributed by atoms with van der Waals surface area (Å²) in [6, 6.07) is 15.9. The van der Waals surface area contributed by atoms with Crippen LogP contribution in [0.2, 0.25) is 0 Å². The molecule has 29 heavy (non-hydrogen) atoms. The minimum Gasteiger partial charge on any atom is -0.451 e. The van der Waals surface area contributed by atoms with Crippen molar-refractivity contribution in [2.75, 3.05) is 0 Å². The second-order valence-electron chi connectivity index (χ2n) is 6.61. The highest BCUT2D eigenvalue weighted by atomic mass is 79.9. The monoisotopic (exact) mass is 453 g/mol. The average Bonchev–Trinajstić information content (AvgIpc) is 3.24. The third-order valence-corrected chi connectivity index (χ3v) is 5.13. The van der Waals surface area contributed by atoms with E-state index in [4.69, 9.17) is 4.42 Å². The van der Waals surface area contributed by atoms with Crippen LogP contribution in [0.15, 0.2) is 68.6 Å². The number of nitrogens with one attached hydrogen (secondary N) is 1. The third kappa shape index (κ3) is 3.73. The van der Waals surface area contributed by atoms with Gasteiger partial charge in [-0.3, -0.25) is 4.79 Å². The number of amides is 1. The van der Waals surface area contributed by atoms with Gasteiger partial charge in [-0.05, 0) is 50.2 Å². The van der Waals surface area contributed by atoms with Crippen molar-refractivity contribution in [3.8, 4) is 5.69 Å². The number of carbonyl (C=O) groups excluding carboxylic acids is 1. The van der Waals surface area contributed by atoms with E-state index in [0.717, 1.165) is 22.3 Å². The molecule has 0 bridgehead atoms. The standard InChI is InChI=1S/C22H17BrFN3O2/c1-13-9-16(14(2)27(13)19-8-7-17(23)11-18(19)24)12-25-26-22(28)21-10-15-5-3-4-6-20(15)29-21/h3-12H,1-2H3,(H,26,28)/b25-12-. The highest BCUT2D eigenvalue weighted by Crippen LogP contribution is 2.24. The van der Waals surface area contributed by atoms with Gasteiger partial charge in [-0.1, -0.05) is 34.1 Å². The number of nitrogens with zero attached hydrogens (tertiary/aromatic N) is 2. The molecule has 0 aliphatic heterocycles. The van der Waals surface area contributed by atoms with Crippen molar-refractivity contribution < 1.29 is 13.6 Å². The number of hydrogen-bond donors (Lipinski definition) is 1. The van der Waals surface area contributed by atoms with Crippen LogP contribution < -0.4 is 5.43 Å². The summed E-state index contributed by atoms with van der Waals surface area (Å²) in [5, 5.41) is 4.88. The van der Waals surface area contributed by atoms with Gasteiger partial charge in [0.15, 0.2) is 5.76 Å². The van der Waals surface area contributed by atoms with Crippen molar-refractivity contribution >= 4 is 39.0 Å². The van der Waals surface area contributed by atoms with E-state index in [2.05, 4.69) is 26.5 Å². The maximum atomic E-state index is 14.4. The zero-order chi connectivity index (χ0) is 20.5. The zero-order valence-electron chi connectivity index (χ0n) is 15.7. The second kappa shape index (κ2) is 7.67. The number of rotatable bonds is 4. The van der Waals surface area contributed by atoms with Gasteiger partial charge in [-0.2, -0.15) is 5.10 Å². The molecule has 4 aromatic rings. The van der Waals surface area contributed by atoms with Gasteiger partial charge in [0, 0.05) is 26.8 Å². The predicted octanol–water partition coefficient (Wildman–Crippen LogP) is 5.51. The van der Waals surface area contributed by atoms with Gasteiger partial charge in [0.1, 0.15) is 11.4 Å². The Labute approximate surface area is 175 Å². The van der Waals surface area contributed by atoms with Gasteiger partial charge in [-0.25, -0.2) is 9.82 Å². The van der Waals surface area contributed by atoms with E-state index in [1.54, 1.807) is 24.3 Å². The summed E-state index contributed by atoms with van der Waals surface area (Å²) in [5.74, 6) is -0.584. The number of furan rings is 1. The molecular weight excluding hydrogens is 437 g/mol. The van der Waals surface area contributed by atoms with E-state index in [1.165, 1.54) is 12.3 Å². The van der Waals surface area contributed by atoms with Crippen molar-refractivity contribution in [2.24, 2.45) is 5.10 Å². The molecule has 1 N–H and O–H groups in total. The van der Waals surface area contributed by atoms with E-state index >= 15 is 0 Å². The molecule has 0 saturated carbocycles. The molecule has 0 saturated heterocycles. The highest BCUT2D eigenvalue weighted by molar-refractivity contribution is 9.10. The topological polar surface area (TPSA) is 59.5 Å². The number of carbonyl (C=O) groups is 1. The number of fused-ring (bicyclic) bond motifs is 1. The van der Waals surface area contributed by atoms with Crippen molar-refractivity contribution in [3.05, 3.63) is 87.6 Å². The van der Waals surface area contributed by atoms with Crippen LogP contribution in [-0.4, -0.2) is 16.7 Å². The molecule has 4 rings (SSSR count). The molecular formula is C22H17BrFN3O2. The van der Waals surface area contributed by atoms with E-state index < -0.39 is 5.91 Å². The summed E-state index contributed by atoms with van der Waals surface area (Å²) in [5.41, 5.74) is 6.00. The Morgan fingerprint density at radius 2 is 1.97 bits per heavy atom. The minimum atomic E-state index is -0.440. The summed E-state index contributed by atoms with van der Waals surface area (Å²) >= 11 is 3.27. The summed E-state index contributed by atoms with van der Waals surface area (Å²) in [4.78, 5) is 12.3. The fourth-order valence-electron chi connectivity index (χ4n) is 3.26. The summed E-state index contributed by atoms with van der Waals surface area (Å²) in [6.07, 6.45) is 1.54. The molecule has 0 unspecified atom stereocenters. The van der Waals surface area contributed by atoms with Crippen molar-refractivity contribution in [2.45, 2.75) is 13.8 Å². The first-order chi connectivity index (χ1) is 13.9. The Bertz CT molecular complexity index is 1220. The lowest BCUT2D eigenvalue weighted by molar-refractivity contribution is 0.0929. The van der Waals surface area contributed by atoms with Gasteiger partial charge in [0.25, 0.3) is 0 Å². The Morgan fingerprint density at radius 1 is 1.17 bits per heavy atom. The Kier molecular flexibility index (Phi) is 5.07. The van der Waals surface area contributed by atoms with Crippen molar-refractivity contribution in [3.63, 3.8) is 0 Å². The van der Waals surface area contributed by atoms with Crippen LogP contribution in [0.5, 0.6) is 0 Å². The van der Waals surface area contributed by atoms with E-state index in [-0.39, 0.29) is 11.6 Å². The molecule has 7 heteroatoms. The Hall–Kier alpha value is -3.19. The number of aryl methyl sites for hydroxylation is 1. The van der Waals surface area contributed by atoms with Crippen LogP contribution in [0.4, 0.5) is 4.39 Å². The van der Waals surface area contributed by atoms with Crippen LogP contribution in [0.1, 0.15) is 27.5 Å². The van der Waals surface area contributed by atoms with Crippen molar-refractivity contribution in [1.82, 2.24) is 9.99 Å².